The smallest absolute Gasteiger partial charge is 0.428 e. The molecule has 2 aromatic rings. The van der Waals surface area contributed by atoms with E-state index in [-0.39, 0.29) is 42.9 Å². The van der Waals surface area contributed by atoms with E-state index in [1.807, 2.05) is 6.92 Å². The molecule has 2 aliphatic rings. The van der Waals surface area contributed by atoms with Gasteiger partial charge in [0, 0.05) is 18.5 Å². The Morgan fingerprint density at radius 2 is 1.87 bits per heavy atom. The van der Waals surface area contributed by atoms with E-state index in [4.69, 9.17) is 9.47 Å². The molecule has 260 valence electrons. The lowest BCUT2D eigenvalue weighted by Crippen LogP contribution is -2.59. The number of amides is 2. The Balaban J connectivity index is 1.39. The second-order valence-corrected chi connectivity index (χ2v) is 14.2. The van der Waals surface area contributed by atoms with E-state index in [2.05, 4.69) is 15.3 Å². The number of alkyl halides is 3. The van der Waals surface area contributed by atoms with Crippen molar-refractivity contribution in [1.82, 2.24) is 20.2 Å². The molecular formula is C34H47F3N4O6. The number of carbonyl (C=O) groups is 3. The van der Waals surface area contributed by atoms with Crippen molar-refractivity contribution >= 4 is 28.8 Å². The molecule has 1 saturated carbocycles. The van der Waals surface area contributed by atoms with Crippen LogP contribution in [0.5, 0.6) is 5.75 Å². The maximum atomic E-state index is 14.7. The monoisotopic (exact) mass is 664 g/mol. The molecule has 1 saturated heterocycles. The fourth-order valence-electron chi connectivity index (χ4n) is 7.19. The van der Waals surface area contributed by atoms with Crippen LogP contribution in [0, 0.1) is 17.3 Å². The number of hydrogen-bond acceptors (Lipinski definition) is 7. The van der Waals surface area contributed by atoms with Crippen LogP contribution in [0.3, 0.4) is 0 Å². The molecule has 1 aliphatic heterocycles. The van der Waals surface area contributed by atoms with Crippen LogP contribution >= 0.6 is 0 Å². The number of likely N-dealkylation sites (tertiary alicyclic amines) is 1. The summed E-state index contributed by atoms with van der Waals surface area (Å²) >= 11 is 0. The molecule has 2 N–H and O–H groups in total. The lowest BCUT2D eigenvalue weighted by atomic mass is 9.85. The van der Waals surface area contributed by atoms with Crippen molar-refractivity contribution in [3.63, 3.8) is 0 Å². The van der Waals surface area contributed by atoms with Crippen molar-refractivity contribution in [3.05, 3.63) is 34.2 Å². The van der Waals surface area contributed by atoms with Crippen LogP contribution in [0.1, 0.15) is 91.7 Å². The zero-order valence-electron chi connectivity index (χ0n) is 28.1. The number of hydrogen-bond donors (Lipinski definition) is 2. The van der Waals surface area contributed by atoms with Gasteiger partial charge in [-0.2, -0.15) is 13.2 Å². The third-order valence-corrected chi connectivity index (χ3v) is 9.73. The molecule has 10 nitrogen and oxygen atoms in total. The van der Waals surface area contributed by atoms with Gasteiger partial charge in [-0.25, -0.2) is 9.78 Å². The molecule has 1 aliphatic carbocycles. The number of halogens is 3. The Morgan fingerprint density at radius 3 is 2.51 bits per heavy atom. The number of H-pyrrole nitrogens is 1. The summed E-state index contributed by atoms with van der Waals surface area (Å²) in [5.41, 5.74) is -2.34. The minimum absolute atomic E-state index is 0.0640. The van der Waals surface area contributed by atoms with Gasteiger partial charge in [0.15, 0.2) is 5.78 Å². The van der Waals surface area contributed by atoms with Crippen LogP contribution in [0.15, 0.2) is 23.0 Å². The molecule has 2 amide bonds. The van der Waals surface area contributed by atoms with Gasteiger partial charge in [0.1, 0.15) is 17.5 Å². The summed E-state index contributed by atoms with van der Waals surface area (Å²) in [5, 5.41) is 2.46. The topological polar surface area (TPSA) is 131 Å². The third kappa shape index (κ3) is 7.92. The summed E-state index contributed by atoms with van der Waals surface area (Å²) in [6.07, 6.45) is -3.27. The van der Waals surface area contributed by atoms with Crippen molar-refractivity contribution in [2.75, 3.05) is 13.7 Å². The standard InChI is InChI=1S/C34H47F3N4O6/c1-20-16-18-41(27(20)21(2)42)30(44)28(32(3,4)5)40-31(45)47-33(34(35,36)37)17-10-12-22(33)11-8-7-9-13-25-29(43)39-26-19-23(46-6)14-15-24(26)38-25/h14-15,19-20,22,27-28H,7-13,16-18H2,1-6H3,(H,39,43)(H,40,45). The lowest BCUT2D eigenvalue weighted by Gasteiger charge is -2.39. The fourth-order valence-corrected chi connectivity index (χ4v) is 7.19. The van der Waals surface area contributed by atoms with Gasteiger partial charge in [0.2, 0.25) is 11.5 Å². The van der Waals surface area contributed by atoms with Gasteiger partial charge >= 0.3 is 12.3 Å². The first-order chi connectivity index (χ1) is 22.0. The zero-order valence-corrected chi connectivity index (χ0v) is 28.1. The minimum Gasteiger partial charge on any atom is -0.497 e. The van der Waals surface area contributed by atoms with Gasteiger partial charge in [-0.15, -0.1) is 0 Å². The predicted molar refractivity (Wildman–Crippen MR) is 170 cm³/mol. The quantitative estimate of drug-likeness (QED) is 0.278. The van der Waals surface area contributed by atoms with Crippen LogP contribution < -0.4 is 15.6 Å². The highest BCUT2D eigenvalue weighted by Crippen LogP contribution is 2.51. The number of carbonyl (C=O) groups excluding carboxylic acids is 3. The predicted octanol–water partition coefficient (Wildman–Crippen LogP) is 6.10. The van der Waals surface area contributed by atoms with Crippen molar-refractivity contribution in [2.45, 2.75) is 116 Å². The van der Waals surface area contributed by atoms with Crippen LogP contribution in [-0.4, -0.2) is 70.2 Å². The van der Waals surface area contributed by atoms with Gasteiger partial charge in [-0.1, -0.05) is 40.5 Å². The van der Waals surface area contributed by atoms with E-state index in [9.17, 15) is 32.3 Å². The summed E-state index contributed by atoms with van der Waals surface area (Å²) in [7, 11) is 1.53. The van der Waals surface area contributed by atoms with Crippen LogP contribution in [0.2, 0.25) is 0 Å². The van der Waals surface area contributed by atoms with E-state index in [0.717, 1.165) is 0 Å². The third-order valence-electron chi connectivity index (χ3n) is 9.73. The van der Waals surface area contributed by atoms with Crippen molar-refractivity contribution in [3.8, 4) is 5.75 Å². The average Bonchev–Trinajstić information content (AvgIpc) is 3.58. The van der Waals surface area contributed by atoms with Crippen molar-refractivity contribution in [1.29, 1.82) is 0 Å². The minimum atomic E-state index is -4.82. The van der Waals surface area contributed by atoms with Gasteiger partial charge in [-0.05, 0) is 75.3 Å². The largest absolute Gasteiger partial charge is 0.497 e. The van der Waals surface area contributed by atoms with E-state index in [0.29, 0.717) is 61.1 Å². The molecule has 0 radical (unpaired) electrons. The first-order valence-electron chi connectivity index (χ1n) is 16.4. The Morgan fingerprint density at radius 1 is 1.15 bits per heavy atom. The van der Waals surface area contributed by atoms with Crippen LogP contribution in [-0.2, 0) is 20.7 Å². The van der Waals surface area contributed by atoms with Gasteiger partial charge in [0.05, 0.1) is 24.2 Å². The number of aromatic nitrogens is 2. The van der Waals surface area contributed by atoms with Gasteiger partial charge < -0.3 is 24.7 Å². The number of rotatable bonds is 11. The zero-order chi connectivity index (χ0) is 34.7. The Labute approximate surface area is 273 Å². The SMILES string of the molecule is COc1ccc2nc(CCCCCC3CCCC3(OC(=O)NC(C(=O)N3CCC(C)C3C(C)=O)C(C)(C)C)C(F)(F)F)c(=O)[nH]c2c1. The summed E-state index contributed by atoms with van der Waals surface area (Å²) in [5.74, 6) is -1.11. The first kappa shape index (κ1) is 36.2. The van der Waals surface area contributed by atoms with E-state index in [1.54, 1.807) is 39.0 Å². The molecule has 2 heterocycles. The molecule has 2 fully saturated rings. The average molecular weight is 665 g/mol. The number of nitrogens with zero attached hydrogens (tertiary/aromatic N) is 2. The second-order valence-electron chi connectivity index (χ2n) is 14.2. The van der Waals surface area contributed by atoms with E-state index >= 15 is 0 Å². The van der Waals surface area contributed by atoms with E-state index in [1.165, 1.54) is 18.9 Å². The Kier molecular flexibility index (Phi) is 11.0. The number of aromatic amines is 1. The highest BCUT2D eigenvalue weighted by molar-refractivity contribution is 5.92. The molecule has 5 unspecified atom stereocenters. The molecule has 0 spiro atoms. The number of Topliss-reactive ketones (excluding diaryl/α,β-unsaturated/α-hetero) is 1. The summed E-state index contributed by atoms with van der Waals surface area (Å²) in [6.45, 7) is 8.71. The number of alkyl carbamates (subject to hydrolysis) is 1. The fraction of sp³-hybridized carbons (Fsp3) is 0.676. The van der Waals surface area contributed by atoms with Crippen molar-refractivity contribution < 1.29 is 37.0 Å². The lowest BCUT2D eigenvalue weighted by molar-refractivity contribution is -0.271. The van der Waals surface area contributed by atoms with Crippen LogP contribution in [0.25, 0.3) is 11.0 Å². The maximum Gasteiger partial charge on any atom is 0.428 e. The van der Waals surface area contributed by atoms with E-state index < -0.39 is 47.2 Å². The first-order valence-corrected chi connectivity index (χ1v) is 16.4. The molecule has 4 rings (SSSR count). The number of aryl methyl sites for hydroxylation is 1. The molecule has 13 heteroatoms. The van der Waals surface area contributed by atoms with Gasteiger partial charge in [-0.3, -0.25) is 14.4 Å². The molecule has 47 heavy (non-hydrogen) atoms. The van der Waals surface area contributed by atoms with Gasteiger partial charge in [0.25, 0.3) is 5.56 Å². The number of nitrogens with one attached hydrogen (secondary N) is 2. The Bertz CT molecular complexity index is 1520. The number of ketones is 1. The second kappa shape index (κ2) is 14.2. The number of unbranched alkanes of at least 4 members (excludes halogenated alkanes) is 2. The van der Waals surface area contributed by atoms with Crippen molar-refractivity contribution in [2.24, 2.45) is 17.3 Å². The highest BCUT2D eigenvalue weighted by Gasteiger charge is 2.64. The molecule has 1 aromatic heterocycles. The number of methoxy groups -OCH3 is 1. The maximum absolute atomic E-state index is 14.7. The molecule has 0 bridgehead atoms. The number of ether oxygens (including phenoxy) is 2. The summed E-state index contributed by atoms with van der Waals surface area (Å²) in [4.78, 5) is 60.4. The molecular weight excluding hydrogens is 617 g/mol. The number of fused-ring (bicyclic) bond motifs is 1. The summed E-state index contributed by atoms with van der Waals surface area (Å²) in [6, 6.07) is 3.33. The van der Waals surface area contributed by atoms with Crippen LogP contribution in [0.4, 0.5) is 18.0 Å². The highest BCUT2D eigenvalue weighted by atomic mass is 19.4. The molecule has 5 atom stereocenters. The Hall–Kier alpha value is -3.64. The normalized spacial score (nSPS) is 23.9. The number of benzene rings is 1. The summed E-state index contributed by atoms with van der Waals surface area (Å²) < 4.78 is 54.7. The molecule has 1 aromatic carbocycles.